The summed E-state index contributed by atoms with van der Waals surface area (Å²) in [6, 6.07) is 0.717. The zero-order valence-corrected chi connectivity index (χ0v) is 11.3. The van der Waals surface area contributed by atoms with Crippen LogP contribution in [0.2, 0.25) is 0 Å². The minimum absolute atomic E-state index is 0.717. The molecular weight excluding hydrogens is 196 g/mol. The van der Waals surface area contributed by atoms with Crippen LogP contribution in [-0.4, -0.2) is 37.1 Å². The third-order valence-corrected chi connectivity index (χ3v) is 3.56. The summed E-state index contributed by atoms with van der Waals surface area (Å²) >= 11 is 0. The Morgan fingerprint density at radius 1 is 1.00 bits per heavy atom. The Bertz CT molecular complexity index is 145. The van der Waals surface area contributed by atoms with Gasteiger partial charge >= 0.3 is 0 Å². The molecule has 1 fully saturated rings. The predicted octanol–water partition coefficient (Wildman–Crippen LogP) is 3.03. The standard InChI is InChI=1S/C14H30N2/c1-3-10-14(15-4-2)13-16-11-8-6-5-7-9-12-16/h14-15H,3-13H2,1-2H3. The van der Waals surface area contributed by atoms with Crippen LogP contribution in [0, 0.1) is 0 Å². The Balaban J connectivity index is 2.28. The summed E-state index contributed by atoms with van der Waals surface area (Å²) < 4.78 is 0. The van der Waals surface area contributed by atoms with E-state index >= 15 is 0 Å². The fourth-order valence-electron chi connectivity index (χ4n) is 2.70. The Kier molecular flexibility index (Phi) is 7.87. The molecule has 0 spiro atoms. The second-order valence-electron chi connectivity index (χ2n) is 5.11. The second-order valence-corrected chi connectivity index (χ2v) is 5.11. The predicted molar refractivity (Wildman–Crippen MR) is 71.9 cm³/mol. The van der Waals surface area contributed by atoms with E-state index in [1.807, 2.05) is 0 Å². The van der Waals surface area contributed by atoms with Crippen LogP contribution in [0.25, 0.3) is 0 Å². The summed E-state index contributed by atoms with van der Waals surface area (Å²) in [5.41, 5.74) is 0. The molecule has 1 heterocycles. The molecule has 16 heavy (non-hydrogen) atoms. The lowest BCUT2D eigenvalue weighted by Gasteiger charge is -2.29. The van der Waals surface area contributed by atoms with Crippen molar-refractivity contribution in [2.24, 2.45) is 0 Å². The Morgan fingerprint density at radius 3 is 2.19 bits per heavy atom. The molecular formula is C14H30N2. The highest BCUT2D eigenvalue weighted by Gasteiger charge is 2.13. The Morgan fingerprint density at radius 2 is 1.62 bits per heavy atom. The first-order valence-electron chi connectivity index (χ1n) is 7.32. The van der Waals surface area contributed by atoms with Gasteiger partial charge in [0.15, 0.2) is 0 Å². The van der Waals surface area contributed by atoms with Crippen molar-refractivity contribution < 1.29 is 0 Å². The van der Waals surface area contributed by atoms with Gasteiger partial charge in [-0.2, -0.15) is 0 Å². The van der Waals surface area contributed by atoms with Gasteiger partial charge in [0.05, 0.1) is 0 Å². The minimum atomic E-state index is 0.717. The number of likely N-dealkylation sites (tertiary alicyclic amines) is 1. The topological polar surface area (TPSA) is 15.3 Å². The average Bonchev–Trinajstić information content (AvgIpc) is 2.22. The lowest BCUT2D eigenvalue weighted by Crippen LogP contribution is -2.42. The van der Waals surface area contributed by atoms with Gasteiger partial charge in [-0.25, -0.2) is 0 Å². The lowest BCUT2D eigenvalue weighted by molar-refractivity contribution is 0.217. The zero-order valence-electron chi connectivity index (χ0n) is 11.3. The van der Waals surface area contributed by atoms with Crippen molar-refractivity contribution in [2.45, 2.75) is 64.8 Å². The fraction of sp³-hybridized carbons (Fsp3) is 1.00. The van der Waals surface area contributed by atoms with E-state index in [0.29, 0.717) is 0 Å². The van der Waals surface area contributed by atoms with Gasteiger partial charge in [0.25, 0.3) is 0 Å². The number of hydrogen-bond donors (Lipinski definition) is 1. The maximum Gasteiger partial charge on any atom is 0.0194 e. The van der Waals surface area contributed by atoms with Gasteiger partial charge in [-0.1, -0.05) is 39.5 Å². The summed E-state index contributed by atoms with van der Waals surface area (Å²) in [5.74, 6) is 0. The number of hydrogen-bond acceptors (Lipinski definition) is 2. The third kappa shape index (κ3) is 5.86. The molecule has 2 nitrogen and oxygen atoms in total. The van der Waals surface area contributed by atoms with Crippen LogP contribution in [0.3, 0.4) is 0 Å². The summed E-state index contributed by atoms with van der Waals surface area (Å²) in [6.45, 7) is 9.53. The molecule has 1 rings (SSSR count). The molecule has 0 aromatic carbocycles. The smallest absolute Gasteiger partial charge is 0.0194 e. The van der Waals surface area contributed by atoms with Crippen LogP contribution >= 0.6 is 0 Å². The van der Waals surface area contributed by atoms with Crippen molar-refractivity contribution in [3.8, 4) is 0 Å². The van der Waals surface area contributed by atoms with Gasteiger partial charge in [0.1, 0.15) is 0 Å². The molecule has 1 atom stereocenters. The number of nitrogens with zero attached hydrogens (tertiary/aromatic N) is 1. The van der Waals surface area contributed by atoms with Crippen molar-refractivity contribution in [3.05, 3.63) is 0 Å². The number of nitrogens with one attached hydrogen (secondary N) is 1. The van der Waals surface area contributed by atoms with E-state index in [1.54, 1.807) is 0 Å². The van der Waals surface area contributed by atoms with E-state index in [-0.39, 0.29) is 0 Å². The van der Waals surface area contributed by atoms with Crippen molar-refractivity contribution >= 4 is 0 Å². The van der Waals surface area contributed by atoms with E-state index in [2.05, 4.69) is 24.1 Å². The molecule has 0 aromatic heterocycles. The molecule has 1 unspecified atom stereocenters. The van der Waals surface area contributed by atoms with Gasteiger partial charge in [-0.05, 0) is 38.9 Å². The lowest BCUT2D eigenvalue weighted by atomic mass is 10.1. The van der Waals surface area contributed by atoms with E-state index < -0.39 is 0 Å². The molecule has 0 aliphatic carbocycles. The van der Waals surface area contributed by atoms with E-state index in [9.17, 15) is 0 Å². The highest BCUT2D eigenvalue weighted by Crippen LogP contribution is 2.11. The summed E-state index contributed by atoms with van der Waals surface area (Å²) in [7, 11) is 0. The maximum absolute atomic E-state index is 3.63. The van der Waals surface area contributed by atoms with Crippen LogP contribution < -0.4 is 5.32 Å². The fourth-order valence-corrected chi connectivity index (χ4v) is 2.70. The van der Waals surface area contributed by atoms with Gasteiger partial charge in [0.2, 0.25) is 0 Å². The molecule has 0 radical (unpaired) electrons. The van der Waals surface area contributed by atoms with Crippen LogP contribution in [0.15, 0.2) is 0 Å². The SMILES string of the molecule is CCCC(CN1CCCCCCC1)NCC. The third-order valence-electron chi connectivity index (χ3n) is 3.56. The summed E-state index contributed by atoms with van der Waals surface area (Å²) in [5, 5.41) is 3.63. The first-order chi connectivity index (χ1) is 7.86. The maximum atomic E-state index is 3.63. The molecule has 0 amide bonds. The van der Waals surface area contributed by atoms with Gasteiger partial charge in [0, 0.05) is 12.6 Å². The van der Waals surface area contributed by atoms with E-state index in [0.717, 1.165) is 12.6 Å². The molecule has 1 aliphatic heterocycles. The molecule has 0 saturated carbocycles. The average molecular weight is 226 g/mol. The zero-order chi connectivity index (χ0) is 11.6. The number of rotatable bonds is 6. The van der Waals surface area contributed by atoms with Gasteiger partial charge in [-0.15, -0.1) is 0 Å². The molecule has 1 saturated heterocycles. The second kappa shape index (κ2) is 9.00. The van der Waals surface area contributed by atoms with Gasteiger partial charge < -0.3 is 10.2 Å². The van der Waals surface area contributed by atoms with Crippen molar-refractivity contribution in [3.63, 3.8) is 0 Å². The monoisotopic (exact) mass is 226 g/mol. The van der Waals surface area contributed by atoms with Crippen LogP contribution in [0.4, 0.5) is 0 Å². The number of likely N-dealkylation sites (N-methyl/N-ethyl adjacent to an activating group) is 1. The molecule has 0 bridgehead atoms. The first-order valence-corrected chi connectivity index (χ1v) is 7.32. The first kappa shape index (κ1) is 14.0. The highest BCUT2D eigenvalue weighted by molar-refractivity contribution is 4.72. The summed E-state index contributed by atoms with van der Waals surface area (Å²) in [6.07, 6.45) is 9.78. The van der Waals surface area contributed by atoms with Crippen molar-refractivity contribution in [1.82, 2.24) is 10.2 Å². The molecule has 0 aromatic rings. The van der Waals surface area contributed by atoms with Gasteiger partial charge in [-0.3, -0.25) is 0 Å². The molecule has 96 valence electrons. The van der Waals surface area contributed by atoms with Crippen LogP contribution in [0.5, 0.6) is 0 Å². The quantitative estimate of drug-likeness (QED) is 0.749. The molecule has 1 N–H and O–H groups in total. The van der Waals surface area contributed by atoms with Crippen LogP contribution in [0.1, 0.15) is 58.8 Å². The normalized spacial score (nSPS) is 21.4. The minimum Gasteiger partial charge on any atom is -0.313 e. The Labute approximate surface area is 102 Å². The van der Waals surface area contributed by atoms with Crippen molar-refractivity contribution in [2.75, 3.05) is 26.2 Å². The van der Waals surface area contributed by atoms with Crippen molar-refractivity contribution in [1.29, 1.82) is 0 Å². The Hall–Kier alpha value is -0.0800. The summed E-state index contributed by atoms with van der Waals surface area (Å²) in [4.78, 5) is 2.68. The largest absolute Gasteiger partial charge is 0.313 e. The van der Waals surface area contributed by atoms with E-state index in [4.69, 9.17) is 0 Å². The molecule has 2 heteroatoms. The highest BCUT2D eigenvalue weighted by atomic mass is 15.1. The van der Waals surface area contributed by atoms with E-state index in [1.165, 1.54) is 64.6 Å². The van der Waals surface area contributed by atoms with Crippen LogP contribution in [-0.2, 0) is 0 Å². The molecule has 1 aliphatic rings.